The zero-order chi connectivity index (χ0) is 19.0. The molecule has 2 aliphatic rings. The SMILES string of the molecule is CN1CCN(C(=O)c2cc3c(n(-c4ccccc4)c2=O)CCCC3=O)CC1. The molecular formula is C21H23N3O3. The minimum atomic E-state index is -0.335. The van der Waals surface area contributed by atoms with Crippen molar-refractivity contribution in [3.63, 3.8) is 0 Å². The number of hydrogen-bond donors (Lipinski definition) is 0. The van der Waals surface area contributed by atoms with Gasteiger partial charge in [-0.25, -0.2) is 0 Å². The van der Waals surface area contributed by atoms with E-state index in [1.165, 1.54) is 0 Å². The Hall–Kier alpha value is -2.73. The predicted molar refractivity (Wildman–Crippen MR) is 103 cm³/mol. The van der Waals surface area contributed by atoms with E-state index < -0.39 is 0 Å². The zero-order valence-electron chi connectivity index (χ0n) is 15.5. The van der Waals surface area contributed by atoms with Gasteiger partial charge in [0.15, 0.2) is 5.78 Å². The first-order valence-electron chi connectivity index (χ1n) is 9.41. The summed E-state index contributed by atoms with van der Waals surface area (Å²) in [5, 5.41) is 0. The number of piperazine rings is 1. The number of pyridine rings is 1. The van der Waals surface area contributed by atoms with Gasteiger partial charge < -0.3 is 9.80 Å². The van der Waals surface area contributed by atoms with Crippen LogP contribution in [0, 0.1) is 0 Å². The van der Waals surface area contributed by atoms with Crippen molar-refractivity contribution in [1.82, 2.24) is 14.4 Å². The first-order chi connectivity index (χ1) is 13.1. The Bertz CT molecular complexity index is 941. The number of nitrogens with zero attached hydrogens (tertiary/aromatic N) is 3. The van der Waals surface area contributed by atoms with Crippen molar-refractivity contribution in [3.05, 3.63) is 63.6 Å². The van der Waals surface area contributed by atoms with Crippen LogP contribution in [0.3, 0.4) is 0 Å². The van der Waals surface area contributed by atoms with Crippen LogP contribution >= 0.6 is 0 Å². The van der Waals surface area contributed by atoms with Gasteiger partial charge in [-0.15, -0.1) is 0 Å². The highest BCUT2D eigenvalue weighted by Crippen LogP contribution is 2.24. The Morgan fingerprint density at radius 3 is 2.37 bits per heavy atom. The van der Waals surface area contributed by atoms with Crippen LogP contribution in [-0.2, 0) is 6.42 Å². The molecule has 4 rings (SSSR count). The zero-order valence-corrected chi connectivity index (χ0v) is 15.5. The van der Waals surface area contributed by atoms with E-state index in [2.05, 4.69) is 4.90 Å². The number of carbonyl (C=O) groups excluding carboxylic acids is 2. The quantitative estimate of drug-likeness (QED) is 0.813. The lowest BCUT2D eigenvalue weighted by molar-refractivity contribution is 0.0662. The van der Waals surface area contributed by atoms with Crippen LogP contribution in [-0.4, -0.2) is 59.3 Å². The number of aromatic nitrogens is 1. The summed E-state index contributed by atoms with van der Waals surface area (Å²) < 4.78 is 1.57. The topological polar surface area (TPSA) is 62.6 Å². The number of rotatable bonds is 2. The molecule has 6 heteroatoms. The Balaban J connectivity index is 1.86. The van der Waals surface area contributed by atoms with E-state index in [-0.39, 0.29) is 22.8 Å². The second kappa shape index (κ2) is 7.12. The third-order valence-electron chi connectivity index (χ3n) is 5.46. The van der Waals surface area contributed by atoms with Gasteiger partial charge in [-0.05, 0) is 38.1 Å². The summed E-state index contributed by atoms with van der Waals surface area (Å²) >= 11 is 0. The van der Waals surface area contributed by atoms with Gasteiger partial charge in [0.05, 0.1) is 0 Å². The number of hydrogen-bond acceptors (Lipinski definition) is 4. The van der Waals surface area contributed by atoms with Gasteiger partial charge in [0.2, 0.25) is 0 Å². The van der Waals surface area contributed by atoms with Crippen LogP contribution in [0.15, 0.2) is 41.2 Å². The van der Waals surface area contributed by atoms with Crippen molar-refractivity contribution in [1.29, 1.82) is 0 Å². The Morgan fingerprint density at radius 2 is 1.67 bits per heavy atom. The molecule has 0 spiro atoms. The fourth-order valence-corrected chi connectivity index (χ4v) is 3.88. The van der Waals surface area contributed by atoms with Gasteiger partial charge in [0.25, 0.3) is 11.5 Å². The summed E-state index contributed by atoms with van der Waals surface area (Å²) in [5.41, 5.74) is 1.69. The monoisotopic (exact) mass is 365 g/mol. The Labute approximate surface area is 158 Å². The molecule has 0 bridgehead atoms. The van der Waals surface area contributed by atoms with Crippen molar-refractivity contribution >= 4 is 11.7 Å². The minimum absolute atomic E-state index is 0.00774. The van der Waals surface area contributed by atoms with Crippen molar-refractivity contribution in [2.75, 3.05) is 33.2 Å². The summed E-state index contributed by atoms with van der Waals surface area (Å²) in [7, 11) is 2.02. The Kier molecular flexibility index (Phi) is 4.66. The van der Waals surface area contributed by atoms with Crippen molar-refractivity contribution in [3.8, 4) is 5.69 Å². The summed E-state index contributed by atoms with van der Waals surface area (Å²) in [6.07, 6.45) is 1.85. The smallest absolute Gasteiger partial charge is 0.268 e. The molecule has 1 aliphatic carbocycles. The van der Waals surface area contributed by atoms with Crippen molar-refractivity contribution in [2.45, 2.75) is 19.3 Å². The molecule has 1 amide bonds. The van der Waals surface area contributed by atoms with E-state index in [0.717, 1.165) is 25.2 Å². The van der Waals surface area contributed by atoms with E-state index in [9.17, 15) is 14.4 Å². The maximum absolute atomic E-state index is 13.3. The van der Waals surface area contributed by atoms with Crippen LogP contribution in [0.25, 0.3) is 5.69 Å². The fraction of sp³-hybridized carbons (Fsp3) is 0.381. The number of benzene rings is 1. The summed E-state index contributed by atoms with van der Waals surface area (Å²) in [6, 6.07) is 10.8. The first kappa shape index (κ1) is 17.7. The van der Waals surface area contributed by atoms with Crippen LogP contribution < -0.4 is 5.56 Å². The molecule has 1 aliphatic heterocycles. The highest BCUT2D eigenvalue weighted by Gasteiger charge is 2.29. The summed E-state index contributed by atoms with van der Waals surface area (Å²) in [4.78, 5) is 42.8. The van der Waals surface area contributed by atoms with Gasteiger partial charge >= 0.3 is 0 Å². The first-order valence-corrected chi connectivity index (χ1v) is 9.41. The second-order valence-electron chi connectivity index (χ2n) is 7.27. The molecule has 1 fully saturated rings. The molecule has 27 heavy (non-hydrogen) atoms. The van der Waals surface area contributed by atoms with E-state index in [0.29, 0.717) is 37.2 Å². The van der Waals surface area contributed by atoms with Gasteiger partial charge in [0.1, 0.15) is 5.56 Å². The van der Waals surface area contributed by atoms with Crippen LogP contribution in [0.1, 0.15) is 39.3 Å². The average Bonchev–Trinajstić information content (AvgIpc) is 2.68. The highest BCUT2D eigenvalue weighted by atomic mass is 16.2. The molecular weight excluding hydrogens is 342 g/mol. The lowest BCUT2D eigenvalue weighted by atomic mass is 9.92. The molecule has 0 N–H and O–H groups in total. The van der Waals surface area contributed by atoms with Crippen molar-refractivity contribution < 1.29 is 9.59 Å². The molecule has 0 radical (unpaired) electrons. The number of Topliss-reactive ketones (excluding diaryl/α,β-unsaturated/α-hetero) is 1. The van der Waals surface area contributed by atoms with E-state index in [1.54, 1.807) is 15.5 Å². The molecule has 1 aromatic heterocycles. The molecule has 1 saturated heterocycles. The maximum atomic E-state index is 13.3. The van der Waals surface area contributed by atoms with Gasteiger partial charge in [-0.3, -0.25) is 19.0 Å². The van der Waals surface area contributed by atoms with E-state index >= 15 is 0 Å². The average molecular weight is 365 g/mol. The highest BCUT2D eigenvalue weighted by molar-refractivity contribution is 6.02. The second-order valence-corrected chi connectivity index (χ2v) is 7.27. The van der Waals surface area contributed by atoms with Crippen LogP contribution in [0.4, 0.5) is 0 Å². The van der Waals surface area contributed by atoms with Gasteiger partial charge in [-0.2, -0.15) is 0 Å². The summed E-state index contributed by atoms with van der Waals surface area (Å²) in [6.45, 7) is 2.74. The molecule has 0 unspecified atom stereocenters. The van der Waals surface area contributed by atoms with Crippen LogP contribution in [0.2, 0.25) is 0 Å². The maximum Gasteiger partial charge on any atom is 0.268 e. The third-order valence-corrected chi connectivity index (χ3v) is 5.46. The third kappa shape index (κ3) is 3.21. The van der Waals surface area contributed by atoms with E-state index in [1.807, 2.05) is 37.4 Å². The lowest BCUT2D eigenvalue weighted by Gasteiger charge is -2.32. The number of carbonyl (C=O) groups is 2. The Morgan fingerprint density at radius 1 is 0.963 bits per heavy atom. The largest absolute Gasteiger partial charge is 0.336 e. The normalized spacial score (nSPS) is 17.7. The fourth-order valence-electron chi connectivity index (χ4n) is 3.88. The number of likely N-dealkylation sites (N-methyl/N-ethyl adjacent to an activating group) is 1. The number of ketones is 1. The molecule has 1 aromatic carbocycles. The molecule has 0 saturated carbocycles. The summed E-state index contributed by atoms with van der Waals surface area (Å²) in [5.74, 6) is -0.271. The standard InChI is InChI=1S/C21H23N3O3/c1-22-10-12-23(13-11-22)20(26)17-14-16-18(8-5-9-19(16)25)24(21(17)27)15-6-3-2-4-7-15/h2-4,6-7,14H,5,8-13H2,1H3. The van der Waals surface area contributed by atoms with Gasteiger partial charge in [0, 0.05) is 49.5 Å². The van der Waals surface area contributed by atoms with E-state index in [4.69, 9.17) is 0 Å². The molecule has 2 aromatic rings. The predicted octanol–water partition coefficient (Wildman–Crippen LogP) is 1.74. The number of amides is 1. The molecule has 6 nitrogen and oxygen atoms in total. The number of para-hydroxylation sites is 1. The lowest BCUT2D eigenvalue weighted by Crippen LogP contribution is -2.48. The van der Waals surface area contributed by atoms with Gasteiger partial charge in [-0.1, -0.05) is 18.2 Å². The molecule has 0 atom stereocenters. The molecule has 140 valence electrons. The van der Waals surface area contributed by atoms with Crippen molar-refractivity contribution in [2.24, 2.45) is 0 Å². The molecule has 2 heterocycles. The van der Waals surface area contributed by atoms with Crippen LogP contribution in [0.5, 0.6) is 0 Å². The number of fused-ring (bicyclic) bond motifs is 1. The minimum Gasteiger partial charge on any atom is -0.336 e.